The quantitative estimate of drug-likeness (QED) is 0.728. The number of esters is 1. The molecule has 0 spiro atoms. The summed E-state index contributed by atoms with van der Waals surface area (Å²) in [5.41, 5.74) is 5.44. The number of aromatic amines is 1. The van der Waals surface area contributed by atoms with Gasteiger partial charge in [0.25, 0.3) is 6.43 Å². The number of aromatic nitrogens is 1. The number of methoxy groups -OCH3 is 4. The van der Waals surface area contributed by atoms with E-state index in [-0.39, 0.29) is 40.6 Å². The number of H-pyrrole nitrogens is 1. The van der Waals surface area contributed by atoms with Crippen molar-refractivity contribution in [2.24, 2.45) is 5.73 Å². The first kappa shape index (κ1) is 19.5. The lowest BCUT2D eigenvalue weighted by atomic mass is 9.98. The number of nitrogens with one attached hydrogen (secondary N) is 1. The number of rotatable bonds is 7. The third kappa shape index (κ3) is 3.17. The van der Waals surface area contributed by atoms with Gasteiger partial charge in [0.2, 0.25) is 5.75 Å². The van der Waals surface area contributed by atoms with Crippen LogP contribution in [0.5, 0.6) is 17.2 Å². The fourth-order valence-electron chi connectivity index (χ4n) is 2.81. The Labute approximate surface area is 149 Å². The zero-order chi connectivity index (χ0) is 19.4. The highest BCUT2D eigenvalue weighted by molar-refractivity contribution is 5.94. The van der Waals surface area contributed by atoms with Crippen molar-refractivity contribution in [2.45, 2.75) is 13.0 Å². The summed E-state index contributed by atoms with van der Waals surface area (Å²) in [6.07, 6.45) is -2.95. The van der Waals surface area contributed by atoms with Crippen molar-refractivity contribution in [3.63, 3.8) is 0 Å². The zero-order valence-corrected chi connectivity index (χ0v) is 14.8. The Morgan fingerprint density at radius 3 is 2.23 bits per heavy atom. The highest BCUT2D eigenvalue weighted by atomic mass is 19.3. The van der Waals surface area contributed by atoms with Crippen LogP contribution in [0.15, 0.2) is 12.1 Å². The van der Waals surface area contributed by atoms with Gasteiger partial charge < -0.3 is 29.7 Å². The minimum Gasteiger partial charge on any atom is -0.493 e. The monoisotopic (exact) mass is 370 g/mol. The SMILES string of the molecule is COC(=O)c1[nH]c(CN)c(-c2ccc(OC)c(OC)c2OC)c1C(F)F. The van der Waals surface area contributed by atoms with Crippen LogP contribution in [0.25, 0.3) is 11.1 Å². The molecule has 2 rings (SSSR count). The molecule has 0 bridgehead atoms. The molecule has 26 heavy (non-hydrogen) atoms. The Hall–Kier alpha value is -2.81. The minimum absolute atomic E-state index is 0.0701. The number of halogens is 2. The molecule has 7 nitrogen and oxygen atoms in total. The van der Waals surface area contributed by atoms with E-state index in [9.17, 15) is 13.6 Å². The van der Waals surface area contributed by atoms with Crippen molar-refractivity contribution < 1.29 is 32.5 Å². The number of ether oxygens (including phenoxy) is 4. The fraction of sp³-hybridized carbons (Fsp3) is 0.353. The molecule has 9 heteroatoms. The maximum Gasteiger partial charge on any atom is 0.354 e. The number of nitrogens with two attached hydrogens (primary N) is 1. The molecule has 0 radical (unpaired) electrons. The molecule has 1 aromatic carbocycles. The van der Waals surface area contributed by atoms with Crippen molar-refractivity contribution in [3.05, 3.63) is 29.1 Å². The van der Waals surface area contributed by atoms with E-state index in [1.54, 1.807) is 6.07 Å². The number of hydrogen-bond donors (Lipinski definition) is 2. The second kappa shape index (κ2) is 8.05. The second-order valence-electron chi connectivity index (χ2n) is 5.15. The van der Waals surface area contributed by atoms with Crippen molar-refractivity contribution >= 4 is 5.97 Å². The van der Waals surface area contributed by atoms with Gasteiger partial charge in [-0.25, -0.2) is 13.6 Å². The lowest BCUT2D eigenvalue weighted by Gasteiger charge is -2.17. The van der Waals surface area contributed by atoms with Crippen LogP contribution in [0, 0.1) is 0 Å². The molecular formula is C17H20F2N2O5. The Morgan fingerprint density at radius 1 is 1.12 bits per heavy atom. The number of benzene rings is 1. The van der Waals surface area contributed by atoms with E-state index in [4.69, 9.17) is 19.9 Å². The summed E-state index contributed by atoms with van der Waals surface area (Å²) in [6.45, 7) is -0.108. The zero-order valence-electron chi connectivity index (χ0n) is 14.8. The van der Waals surface area contributed by atoms with Crippen LogP contribution in [0.1, 0.15) is 28.2 Å². The number of hydrogen-bond acceptors (Lipinski definition) is 6. The maximum atomic E-state index is 13.8. The van der Waals surface area contributed by atoms with E-state index < -0.39 is 18.0 Å². The van der Waals surface area contributed by atoms with Crippen LogP contribution in [-0.4, -0.2) is 39.4 Å². The summed E-state index contributed by atoms with van der Waals surface area (Å²) >= 11 is 0. The second-order valence-corrected chi connectivity index (χ2v) is 5.15. The van der Waals surface area contributed by atoms with E-state index in [1.165, 1.54) is 27.4 Å². The summed E-state index contributed by atoms with van der Waals surface area (Å²) in [4.78, 5) is 14.6. The first-order valence-electron chi connectivity index (χ1n) is 7.55. The maximum absolute atomic E-state index is 13.8. The fourth-order valence-corrected chi connectivity index (χ4v) is 2.81. The highest BCUT2D eigenvalue weighted by Gasteiger charge is 2.31. The molecule has 0 saturated heterocycles. The molecule has 142 valence electrons. The standard InChI is InChI=1S/C17H20F2N2O5/c1-23-10-6-5-8(14(24-2)15(10)25-3)11-9(7-20)21-13(17(22)26-4)12(11)16(18)19/h5-6,16,21H,7,20H2,1-4H3. The molecule has 1 aromatic heterocycles. The van der Waals surface area contributed by atoms with Crippen molar-refractivity contribution in [1.29, 1.82) is 0 Å². The van der Waals surface area contributed by atoms with E-state index in [1.807, 2.05) is 0 Å². The molecule has 1 heterocycles. The van der Waals surface area contributed by atoms with Gasteiger partial charge in [0.1, 0.15) is 5.69 Å². The largest absolute Gasteiger partial charge is 0.493 e. The average Bonchev–Trinajstić information content (AvgIpc) is 3.05. The molecule has 0 aliphatic rings. The van der Waals surface area contributed by atoms with Gasteiger partial charge in [-0.2, -0.15) is 0 Å². The third-order valence-corrected chi connectivity index (χ3v) is 3.90. The van der Waals surface area contributed by atoms with Gasteiger partial charge in [-0.15, -0.1) is 0 Å². The molecule has 0 amide bonds. The Kier molecular flexibility index (Phi) is 6.04. The highest BCUT2D eigenvalue weighted by Crippen LogP contribution is 2.48. The van der Waals surface area contributed by atoms with Gasteiger partial charge in [-0.05, 0) is 12.1 Å². The van der Waals surface area contributed by atoms with Gasteiger partial charge >= 0.3 is 5.97 Å². The Morgan fingerprint density at radius 2 is 1.77 bits per heavy atom. The predicted octanol–water partition coefficient (Wildman–Crippen LogP) is 2.89. The van der Waals surface area contributed by atoms with Crippen LogP contribution in [0.2, 0.25) is 0 Å². The van der Waals surface area contributed by atoms with E-state index >= 15 is 0 Å². The minimum atomic E-state index is -2.95. The lowest BCUT2D eigenvalue weighted by molar-refractivity contribution is 0.0583. The molecule has 0 saturated carbocycles. The van der Waals surface area contributed by atoms with Crippen LogP contribution in [-0.2, 0) is 11.3 Å². The van der Waals surface area contributed by atoms with Crippen LogP contribution >= 0.6 is 0 Å². The van der Waals surface area contributed by atoms with Crippen molar-refractivity contribution in [2.75, 3.05) is 28.4 Å². The smallest absolute Gasteiger partial charge is 0.354 e. The van der Waals surface area contributed by atoms with Crippen LogP contribution in [0.3, 0.4) is 0 Å². The predicted molar refractivity (Wildman–Crippen MR) is 90.1 cm³/mol. The summed E-state index contributed by atoms with van der Waals surface area (Å²) < 4.78 is 48.1. The summed E-state index contributed by atoms with van der Waals surface area (Å²) in [5.74, 6) is -0.138. The molecule has 0 atom stereocenters. The van der Waals surface area contributed by atoms with E-state index in [0.717, 1.165) is 7.11 Å². The van der Waals surface area contributed by atoms with Crippen molar-refractivity contribution in [1.82, 2.24) is 4.98 Å². The van der Waals surface area contributed by atoms with Gasteiger partial charge in [0.05, 0.1) is 34.0 Å². The molecule has 0 aliphatic heterocycles. The number of carbonyl (C=O) groups is 1. The van der Waals surface area contributed by atoms with Gasteiger partial charge in [-0.1, -0.05) is 0 Å². The third-order valence-electron chi connectivity index (χ3n) is 3.90. The van der Waals surface area contributed by atoms with E-state index in [2.05, 4.69) is 9.72 Å². The molecular weight excluding hydrogens is 350 g/mol. The van der Waals surface area contributed by atoms with Crippen LogP contribution < -0.4 is 19.9 Å². The normalized spacial score (nSPS) is 10.8. The molecule has 0 aliphatic carbocycles. The van der Waals surface area contributed by atoms with Gasteiger partial charge in [0, 0.05) is 23.4 Å². The Balaban J connectivity index is 2.87. The summed E-state index contributed by atoms with van der Waals surface area (Å²) in [5, 5.41) is 0. The number of alkyl halides is 2. The summed E-state index contributed by atoms with van der Waals surface area (Å²) in [6, 6.07) is 3.09. The van der Waals surface area contributed by atoms with Gasteiger partial charge in [-0.3, -0.25) is 0 Å². The Bertz CT molecular complexity index is 805. The lowest BCUT2D eigenvalue weighted by Crippen LogP contribution is -2.06. The molecule has 3 N–H and O–H groups in total. The average molecular weight is 370 g/mol. The molecule has 0 fully saturated rings. The first-order valence-corrected chi connectivity index (χ1v) is 7.55. The van der Waals surface area contributed by atoms with E-state index in [0.29, 0.717) is 5.75 Å². The van der Waals surface area contributed by atoms with Gasteiger partial charge in [0.15, 0.2) is 11.5 Å². The summed E-state index contributed by atoms with van der Waals surface area (Å²) in [7, 11) is 5.33. The topological polar surface area (TPSA) is 95.8 Å². The first-order chi connectivity index (χ1) is 12.4. The van der Waals surface area contributed by atoms with Crippen LogP contribution in [0.4, 0.5) is 8.78 Å². The van der Waals surface area contributed by atoms with Crippen molar-refractivity contribution in [3.8, 4) is 28.4 Å². The molecule has 0 unspecified atom stereocenters. The molecule has 2 aromatic rings. The number of carbonyl (C=O) groups excluding carboxylic acids is 1.